The van der Waals surface area contributed by atoms with E-state index in [9.17, 15) is 4.79 Å². The molecule has 0 spiro atoms. The Morgan fingerprint density at radius 1 is 1.26 bits per heavy atom. The van der Waals surface area contributed by atoms with Crippen molar-refractivity contribution in [3.8, 4) is 0 Å². The number of benzene rings is 1. The van der Waals surface area contributed by atoms with Crippen LogP contribution in [0.1, 0.15) is 46.7 Å². The SMILES string of the molecule is CCC(NC(=O)c1noc2c(C)cc(C)nc12)c1ccccc1. The van der Waals surface area contributed by atoms with E-state index < -0.39 is 0 Å². The fourth-order valence-corrected chi connectivity index (χ4v) is 2.72. The topological polar surface area (TPSA) is 68.0 Å². The Morgan fingerprint density at radius 3 is 2.70 bits per heavy atom. The van der Waals surface area contributed by atoms with Crippen molar-refractivity contribution in [1.29, 1.82) is 0 Å². The molecule has 0 bridgehead atoms. The maximum absolute atomic E-state index is 12.6. The highest BCUT2D eigenvalue weighted by molar-refractivity contribution is 6.03. The van der Waals surface area contributed by atoms with Crippen LogP contribution in [-0.2, 0) is 0 Å². The average molecular weight is 309 g/mol. The number of hydrogen-bond donors (Lipinski definition) is 1. The van der Waals surface area contributed by atoms with E-state index in [1.165, 1.54) is 0 Å². The quantitative estimate of drug-likeness (QED) is 0.797. The highest BCUT2D eigenvalue weighted by atomic mass is 16.5. The summed E-state index contributed by atoms with van der Waals surface area (Å²) in [6.45, 7) is 5.84. The summed E-state index contributed by atoms with van der Waals surface area (Å²) in [7, 11) is 0. The van der Waals surface area contributed by atoms with Gasteiger partial charge in [0.25, 0.3) is 5.91 Å². The van der Waals surface area contributed by atoms with Gasteiger partial charge >= 0.3 is 0 Å². The van der Waals surface area contributed by atoms with E-state index in [1.54, 1.807) is 0 Å². The minimum atomic E-state index is -0.267. The average Bonchev–Trinajstić information content (AvgIpc) is 2.97. The highest BCUT2D eigenvalue weighted by Gasteiger charge is 2.21. The van der Waals surface area contributed by atoms with Crippen LogP contribution in [0.5, 0.6) is 0 Å². The standard InChI is InChI=1S/C18H19N3O2/c1-4-14(13-8-6-5-7-9-13)20-18(22)16-15-17(23-21-16)11(2)10-12(3)19-15/h5-10,14H,4H2,1-3H3,(H,20,22). The van der Waals surface area contributed by atoms with Gasteiger partial charge in [0.15, 0.2) is 11.3 Å². The Bertz CT molecular complexity index is 840. The number of aryl methyl sites for hydroxylation is 2. The van der Waals surface area contributed by atoms with E-state index >= 15 is 0 Å². The third kappa shape index (κ3) is 2.95. The zero-order chi connectivity index (χ0) is 16.4. The molecule has 1 amide bonds. The molecule has 2 heterocycles. The molecule has 0 aliphatic heterocycles. The Hall–Kier alpha value is -2.69. The molecule has 1 unspecified atom stereocenters. The van der Waals surface area contributed by atoms with Crippen LogP contribution in [0.4, 0.5) is 0 Å². The number of hydrogen-bond acceptors (Lipinski definition) is 4. The van der Waals surface area contributed by atoms with Gasteiger partial charge in [0.05, 0.1) is 6.04 Å². The summed E-state index contributed by atoms with van der Waals surface area (Å²) in [4.78, 5) is 17.0. The number of fused-ring (bicyclic) bond motifs is 1. The van der Waals surface area contributed by atoms with Crippen molar-refractivity contribution < 1.29 is 9.32 Å². The van der Waals surface area contributed by atoms with Crippen molar-refractivity contribution in [2.75, 3.05) is 0 Å². The highest BCUT2D eigenvalue weighted by Crippen LogP contribution is 2.22. The van der Waals surface area contributed by atoms with E-state index in [2.05, 4.69) is 15.5 Å². The summed E-state index contributed by atoms with van der Waals surface area (Å²) in [5.74, 6) is -0.267. The Morgan fingerprint density at radius 2 is 2.00 bits per heavy atom. The van der Waals surface area contributed by atoms with Gasteiger partial charge in [-0.15, -0.1) is 0 Å². The lowest BCUT2D eigenvalue weighted by Gasteiger charge is -2.16. The number of aromatic nitrogens is 2. The van der Waals surface area contributed by atoms with Crippen molar-refractivity contribution in [2.24, 2.45) is 0 Å². The minimum absolute atomic E-state index is 0.0682. The third-order valence-electron chi connectivity index (χ3n) is 3.87. The molecular formula is C18H19N3O2. The molecule has 1 atom stereocenters. The van der Waals surface area contributed by atoms with Gasteiger partial charge in [-0.2, -0.15) is 0 Å². The van der Waals surface area contributed by atoms with Crippen molar-refractivity contribution in [3.63, 3.8) is 0 Å². The summed E-state index contributed by atoms with van der Waals surface area (Å²) in [6.07, 6.45) is 0.789. The Balaban J connectivity index is 1.92. The molecule has 0 fully saturated rings. The lowest BCUT2D eigenvalue weighted by Crippen LogP contribution is -2.28. The smallest absolute Gasteiger partial charge is 0.276 e. The molecule has 0 saturated heterocycles. The van der Waals surface area contributed by atoms with Gasteiger partial charge in [0, 0.05) is 5.69 Å². The van der Waals surface area contributed by atoms with Gasteiger partial charge in [0.1, 0.15) is 5.52 Å². The lowest BCUT2D eigenvalue weighted by atomic mass is 10.0. The van der Waals surface area contributed by atoms with Gasteiger partial charge < -0.3 is 9.84 Å². The molecule has 5 nitrogen and oxygen atoms in total. The molecular weight excluding hydrogens is 290 g/mol. The maximum Gasteiger partial charge on any atom is 0.276 e. The largest absolute Gasteiger partial charge is 0.353 e. The van der Waals surface area contributed by atoms with Crippen LogP contribution in [0.2, 0.25) is 0 Å². The van der Waals surface area contributed by atoms with Crippen LogP contribution in [0, 0.1) is 13.8 Å². The summed E-state index contributed by atoms with van der Waals surface area (Å²) >= 11 is 0. The van der Waals surface area contributed by atoms with E-state index in [1.807, 2.05) is 57.2 Å². The number of amides is 1. The van der Waals surface area contributed by atoms with Gasteiger partial charge in [-0.3, -0.25) is 4.79 Å². The summed E-state index contributed by atoms with van der Waals surface area (Å²) in [5, 5.41) is 6.94. The van der Waals surface area contributed by atoms with Gasteiger partial charge in [0.2, 0.25) is 0 Å². The molecule has 118 valence electrons. The first-order valence-corrected chi connectivity index (χ1v) is 7.69. The molecule has 1 N–H and O–H groups in total. The van der Waals surface area contributed by atoms with Crippen LogP contribution in [0.15, 0.2) is 40.9 Å². The first kappa shape index (κ1) is 15.2. The van der Waals surface area contributed by atoms with Crippen molar-refractivity contribution in [2.45, 2.75) is 33.2 Å². The van der Waals surface area contributed by atoms with Crippen LogP contribution < -0.4 is 5.32 Å². The molecule has 3 aromatic rings. The summed E-state index contributed by atoms with van der Waals surface area (Å²) < 4.78 is 5.30. The normalized spacial score (nSPS) is 12.3. The predicted molar refractivity (Wildman–Crippen MR) is 88.2 cm³/mol. The van der Waals surface area contributed by atoms with Crippen LogP contribution in [0.25, 0.3) is 11.1 Å². The van der Waals surface area contributed by atoms with Crippen molar-refractivity contribution in [1.82, 2.24) is 15.5 Å². The van der Waals surface area contributed by atoms with E-state index in [0.717, 1.165) is 23.2 Å². The van der Waals surface area contributed by atoms with Crippen LogP contribution >= 0.6 is 0 Å². The minimum Gasteiger partial charge on any atom is -0.353 e. The Kier molecular flexibility index (Phi) is 4.10. The van der Waals surface area contributed by atoms with E-state index in [-0.39, 0.29) is 17.6 Å². The molecule has 0 aliphatic carbocycles. The molecule has 0 saturated carbocycles. The van der Waals surface area contributed by atoms with Crippen LogP contribution in [0.3, 0.4) is 0 Å². The summed E-state index contributed by atoms with van der Waals surface area (Å²) in [6, 6.07) is 11.7. The molecule has 0 radical (unpaired) electrons. The fraction of sp³-hybridized carbons (Fsp3) is 0.278. The second-order valence-electron chi connectivity index (χ2n) is 5.63. The molecule has 2 aromatic heterocycles. The second kappa shape index (κ2) is 6.20. The van der Waals surface area contributed by atoms with E-state index in [4.69, 9.17) is 4.52 Å². The number of carbonyl (C=O) groups is 1. The first-order valence-electron chi connectivity index (χ1n) is 7.69. The number of nitrogens with one attached hydrogen (secondary N) is 1. The van der Waals surface area contributed by atoms with Crippen molar-refractivity contribution in [3.05, 3.63) is 58.9 Å². The summed E-state index contributed by atoms with van der Waals surface area (Å²) in [5.41, 5.74) is 4.14. The number of pyridine rings is 1. The predicted octanol–water partition coefficient (Wildman–Crippen LogP) is 3.72. The Labute approximate surface area is 134 Å². The lowest BCUT2D eigenvalue weighted by molar-refractivity contribution is 0.0928. The number of rotatable bonds is 4. The second-order valence-corrected chi connectivity index (χ2v) is 5.63. The van der Waals surface area contributed by atoms with Gasteiger partial charge in [-0.1, -0.05) is 42.4 Å². The van der Waals surface area contributed by atoms with Crippen molar-refractivity contribution >= 4 is 17.0 Å². The fourth-order valence-electron chi connectivity index (χ4n) is 2.72. The monoisotopic (exact) mass is 309 g/mol. The maximum atomic E-state index is 12.6. The zero-order valence-corrected chi connectivity index (χ0v) is 13.5. The molecule has 1 aromatic carbocycles. The van der Waals surface area contributed by atoms with Gasteiger partial charge in [-0.25, -0.2) is 4.98 Å². The third-order valence-corrected chi connectivity index (χ3v) is 3.87. The molecule has 23 heavy (non-hydrogen) atoms. The van der Waals surface area contributed by atoms with E-state index in [0.29, 0.717) is 11.1 Å². The molecule has 3 rings (SSSR count). The molecule has 0 aliphatic rings. The first-order chi connectivity index (χ1) is 11.1. The van der Waals surface area contributed by atoms with Crippen LogP contribution in [-0.4, -0.2) is 16.0 Å². The molecule has 5 heteroatoms. The number of nitrogens with zero attached hydrogens (tertiary/aromatic N) is 2. The van der Waals surface area contributed by atoms with Gasteiger partial charge in [-0.05, 0) is 37.5 Å². The number of carbonyl (C=O) groups excluding carboxylic acids is 1. The zero-order valence-electron chi connectivity index (χ0n) is 13.5.